The first-order valence-electron chi connectivity index (χ1n) is 11.2. The standard InChI is InChI=1S/C23H32N6O2/c1-16-3-6-28(7-4-16)8-5-22(30)29-9-10-31-21(15-29)20-12-18(11-17(2)27-20)19-13-25-23(24)26-14-19/h11-14,16,21H,3-10,15H2,1-2H3,(H2,24,25,26). The van der Waals surface area contributed by atoms with Gasteiger partial charge in [-0.1, -0.05) is 6.92 Å². The first kappa shape index (κ1) is 21.6. The number of aromatic nitrogens is 3. The minimum absolute atomic E-state index is 0.201. The molecule has 166 valence electrons. The Morgan fingerprint density at radius 2 is 1.90 bits per heavy atom. The third-order valence-electron chi connectivity index (χ3n) is 6.25. The van der Waals surface area contributed by atoms with Gasteiger partial charge in [0, 0.05) is 43.2 Å². The quantitative estimate of drug-likeness (QED) is 0.787. The molecular formula is C23H32N6O2. The Hall–Kier alpha value is -2.58. The third kappa shape index (κ3) is 5.57. The van der Waals surface area contributed by atoms with E-state index in [1.165, 1.54) is 12.8 Å². The highest BCUT2D eigenvalue weighted by molar-refractivity contribution is 5.76. The molecule has 0 saturated carbocycles. The maximum Gasteiger partial charge on any atom is 0.224 e. The summed E-state index contributed by atoms with van der Waals surface area (Å²) < 4.78 is 6.00. The molecular weight excluding hydrogens is 392 g/mol. The van der Waals surface area contributed by atoms with Crippen molar-refractivity contribution >= 4 is 11.9 Å². The lowest BCUT2D eigenvalue weighted by Crippen LogP contribution is -2.44. The van der Waals surface area contributed by atoms with Gasteiger partial charge in [0.05, 0.1) is 18.8 Å². The molecule has 4 rings (SSSR count). The van der Waals surface area contributed by atoms with Crippen molar-refractivity contribution in [2.24, 2.45) is 5.92 Å². The van der Waals surface area contributed by atoms with Gasteiger partial charge in [-0.2, -0.15) is 0 Å². The highest BCUT2D eigenvalue weighted by atomic mass is 16.5. The summed E-state index contributed by atoms with van der Waals surface area (Å²) in [7, 11) is 0. The number of hydrogen-bond acceptors (Lipinski definition) is 7. The van der Waals surface area contributed by atoms with Crippen LogP contribution < -0.4 is 5.73 Å². The number of anilines is 1. The SMILES string of the molecule is Cc1cc(-c2cnc(N)nc2)cc(C2CN(C(=O)CCN3CCC(C)CC3)CCO2)n1. The molecule has 0 bridgehead atoms. The van der Waals surface area contributed by atoms with Crippen LogP contribution >= 0.6 is 0 Å². The number of likely N-dealkylation sites (tertiary alicyclic amines) is 1. The molecule has 2 aromatic heterocycles. The number of carbonyl (C=O) groups excluding carboxylic acids is 1. The molecule has 1 amide bonds. The maximum absolute atomic E-state index is 12.9. The Morgan fingerprint density at radius 1 is 1.16 bits per heavy atom. The zero-order valence-corrected chi connectivity index (χ0v) is 18.5. The lowest BCUT2D eigenvalue weighted by atomic mass is 9.99. The zero-order chi connectivity index (χ0) is 21.8. The Bertz CT molecular complexity index is 895. The summed E-state index contributed by atoms with van der Waals surface area (Å²) in [4.78, 5) is 30.1. The van der Waals surface area contributed by atoms with Crippen LogP contribution in [0.15, 0.2) is 24.5 Å². The van der Waals surface area contributed by atoms with Gasteiger partial charge in [0.15, 0.2) is 0 Å². The van der Waals surface area contributed by atoms with Crippen molar-refractivity contribution in [2.45, 2.75) is 39.2 Å². The summed E-state index contributed by atoms with van der Waals surface area (Å²) in [6, 6.07) is 3.99. The number of nitrogens with zero attached hydrogens (tertiary/aromatic N) is 5. The summed E-state index contributed by atoms with van der Waals surface area (Å²) >= 11 is 0. The molecule has 0 aliphatic carbocycles. The van der Waals surface area contributed by atoms with Crippen LogP contribution in [0.2, 0.25) is 0 Å². The number of aryl methyl sites for hydroxylation is 1. The first-order chi connectivity index (χ1) is 15.0. The molecule has 2 saturated heterocycles. The van der Waals surface area contributed by atoms with Gasteiger partial charge in [-0.3, -0.25) is 9.78 Å². The Labute approximate surface area is 183 Å². The molecule has 2 aliphatic heterocycles. The number of piperidine rings is 1. The number of pyridine rings is 1. The van der Waals surface area contributed by atoms with Gasteiger partial charge in [0.1, 0.15) is 6.10 Å². The van der Waals surface area contributed by atoms with Gasteiger partial charge in [-0.25, -0.2) is 9.97 Å². The monoisotopic (exact) mass is 424 g/mol. The number of hydrogen-bond donors (Lipinski definition) is 1. The van der Waals surface area contributed by atoms with Crippen LogP contribution in [0.4, 0.5) is 5.95 Å². The molecule has 2 fully saturated rings. The summed E-state index contributed by atoms with van der Waals surface area (Å²) in [5.74, 6) is 1.25. The number of rotatable bonds is 5. The van der Waals surface area contributed by atoms with Crippen molar-refractivity contribution in [2.75, 3.05) is 45.1 Å². The number of nitrogen functional groups attached to an aromatic ring is 1. The van der Waals surface area contributed by atoms with Crippen LogP contribution in [-0.2, 0) is 9.53 Å². The van der Waals surface area contributed by atoms with Crippen LogP contribution in [-0.4, -0.2) is 70.0 Å². The van der Waals surface area contributed by atoms with Gasteiger partial charge in [0.25, 0.3) is 0 Å². The molecule has 2 aliphatic rings. The minimum atomic E-state index is -0.234. The van der Waals surface area contributed by atoms with E-state index < -0.39 is 0 Å². The number of amides is 1. The van der Waals surface area contributed by atoms with E-state index in [0.29, 0.717) is 26.1 Å². The summed E-state index contributed by atoms with van der Waals surface area (Å²) in [5.41, 5.74) is 9.16. The van der Waals surface area contributed by atoms with E-state index in [9.17, 15) is 4.79 Å². The Balaban J connectivity index is 1.40. The van der Waals surface area contributed by atoms with E-state index in [2.05, 4.69) is 26.8 Å². The predicted octanol–water partition coefficient (Wildman–Crippen LogP) is 2.45. The molecule has 8 heteroatoms. The molecule has 0 aromatic carbocycles. The summed E-state index contributed by atoms with van der Waals surface area (Å²) in [6.07, 6.45) is 6.21. The lowest BCUT2D eigenvalue weighted by Gasteiger charge is -2.34. The average Bonchev–Trinajstić information content (AvgIpc) is 2.78. The highest BCUT2D eigenvalue weighted by Gasteiger charge is 2.27. The largest absolute Gasteiger partial charge is 0.368 e. The van der Waals surface area contributed by atoms with Crippen LogP contribution in [0.25, 0.3) is 11.1 Å². The fraction of sp³-hybridized carbons (Fsp3) is 0.565. The van der Waals surface area contributed by atoms with Crippen molar-refractivity contribution in [1.82, 2.24) is 24.8 Å². The van der Waals surface area contributed by atoms with Crippen LogP contribution in [0.1, 0.15) is 43.7 Å². The Morgan fingerprint density at radius 3 is 2.65 bits per heavy atom. The van der Waals surface area contributed by atoms with Crippen molar-refractivity contribution in [3.63, 3.8) is 0 Å². The smallest absolute Gasteiger partial charge is 0.224 e. The van der Waals surface area contributed by atoms with Gasteiger partial charge in [0.2, 0.25) is 11.9 Å². The molecule has 1 unspecified atom stereocenters. The lowest BCUT2D eigenvalue weighted by molar-refractivity contribution is -0.139. The summed E-state index contributed by atoms with van der Waals surface area (Å²) in [6.45, 7) is 9.00. The topological polar surface area (TPSA) is 97.5 Å². The van der Waals surface area contributed by atoms with E-state index in [-0.39, 0.29) is 18.0 Å². The fourth-order valence-corrected chi connectivity index (χ4v) is 4.27. The number of morpholine rings is 1. The van der Waals surface area contributed by atoms with E-state index in [4.69, 9.17) is 10.5 Å². The van der Waals surface area contributed by atoms with Gasteiger partial charge >= 0.3 is 0 Å². The molecule has 1 atom stereocenters. The molecule has 4 heterocycles. The predicted molar refractivity (Wildman–Crippen MR) is 119 cm³/mol. The van der Waals surface area contributed by atoms with Crippen molar-refractivity contribution in [3.05, 3.63) is 35.9 Å². The fourth-order valence-electron chi connectivity index (χ4n) is 4.27. The van der Waals surface area contributed by atoms with Crippen LogP contribution in [0.5, 0.6) is 0 Å². The first-order valence-corrected chi connectivity index (χ1v) is 11.2. The second-order valence-corrected chi connectivity index (χ2v) is 8.73. The van der Waals surface area contributed by atoms with Crippen molar-refractivity contribution in [1.29, 1.82) is 0 Å². The zero-order valence-electron chi connectivity index (χ0n) is 18.5. The van der Waals surface area contributed by atoms with E-state index in [1.54, 1.807) is 12.4 Å². The average molecular weight is 425 g/mol. The molecule has 2 aromatic rings. The van der Waals surface area contributed by atoms with E-state index in [0.717, 1.165) is 48.1 Å². The maximum atomic E-state index is 12.9. The second kappa shape index (κ2) is 9.70. The van der Waals surface area contributed by atoms with Gasteiger partial charge < -0.3 is 20.3 Å². The number of carbonyl (C=O) groups is 1. The number of nitrogens with two attached hydrogens (primary N) is 1. The van der Waals surface area contributed by atoms with Crippen LogP contribution in [0.3, 0.4) is 0 Å². The second-order valence-electron chi connectivity index (χ2n) is 8.73. The van der Waals surface area contributed by atoms with E-state index in [1.807, 2.05) is 24.0 Å². The third-order valence-corrected chi connectivity index (χ3v) is 6.25. The molecule has 2 N–H and O–H groups in total. The van der Waals surface area contributed by atoms with E-state index >= 15 is 0 Å². The molecule has 31 heavy (non-hydrogen) atoms. The minimum Gasteiger partial charge on any atom is -0.368 e. The molecule has 0 radical (unpaired) electrons. The highest BCUT2D eigenvalue weighted by Crippen LogP contribution is 2.27. The number of ether oxygens (including phenoxy) is 1. The molecule has 0 spiro atoms. The Kier molecular flexibility index (Phi) is 6.77. The van der Waals surface area contributed by atoms with Crippen molar-refractivity contribution < 1.29 is 9.53 Å². The van der Waals surface area contributed by atoms with Gasteiger partial charge in [-0.05, 0) is 56.5 Å². The molecule has 8 nitrogen and oxygen atoms in total. The summed E-state index contributed by atoms with van der Waals surface area (Å²) in [5, 5.41) is 0. The van der Waals surface area contributed by atoms with Gasteiger partial charge in [-0.15, -0.1) is 0 Å². The normalized spacial score (nSPS) is 20.7. The van der Waals surface area contributed by atoms with Crippen LogP contribution in [0, 0.1) is 12.8 Å². The van der Waals surface area contributed by atoms with Crippen molar-refractivity contribution in [3.8, 4) is 11.1 Å².